The number of carbonyl (C=O) groups is 1. The molecule has 27 heavy (non-hydrogen) atoms. The van der Waals surface area contributed by atoms with Crippen molar-refractivity contribution < 1.29 is 14.3 Å². The monoisotopic (exact) mass is 368 g/mol. The highest BCUT2D eigenvalue weighted by Crippen LogP contribution is 2.26. The van der Waals surface area contributed by atoms with Crippen LogP contribution in [0.5, 0.6) is 5.75 Å². The summed E-state index contributed by atoms with van der Waals surface area (Å²) in [5, 5.41) is 2.97. The molecule has 5 heteroatoms. The quantitative estimate of drug-likeness (QED) is 0.801. The van der Waals surface area contributed by atoms with Gasteiger partial charge in [-0.1, -0.05) is 38.1 Å². The fraction of sp³-hybridized carbons (Fsp3) is 0.409. The maximum Gasteiger partial charge on any atom is 0.262 e. The molecule has 1 aliphatic rings. The molecule has 0 aliphatic carbocycles. The van der Waals surface area contributed by atoms with Crippen molar-refractivity contribution in [2.75, 3.05) is 43.1 Å². The molecule has 2 aromatic rings. The molecule has 0 spiro atoms. The third-order valence-electron chi connectivity index (χ3n) is 4.96. The number of nitrogens with one attached hydrogen (secondary N) is 1. The van der Waals surface area contributed by atoms with Crippen molar-refractivity contribution in [1.29, 1.82) is 0 Å². The van der Waals surface area contributed by atoms with Gasteiger partial charge in [0.25, 0.3) is 5.91 Å². The van der Waals surface area contributed by atoms with Gasteiger partial charge < -0.3 is 19.7 Å². The van der Waals surface area contributed by atoms with Crippen LogP contribution in [-0.2, 0) is 9.53 Å². The first-order valence-corrected chi connectivity index (χ1v) is 9.61. The normalized spacial score (nSPS) is 15.3. The van der Waals surface area contributed by atoms with Gasteiger partial charge in [-0.15, -0.1) is 0 Å². The standard InChI is InChI=1S/C22H28N2O3/c1-3-17(2)18-8-10-19(11-9-18)27-16-22(25)23-20-6-4-5-7-21(20)24-12-14-26-15-13-24/h4-11,17H,3,12-16H2,1-2H3,(H,23,25). The zero-order chi connectivity index (χ0) is 19.1. The lowest BCUT2D eigenvalue weighted by molar-refractivity contribution is -0.118. The van der Waals surface area contributed by atoms with E-state index in [1.54, 1.807) is 0 Å². The minimum Gasteiger partial charge on any atom is -0.484 e. The van der Waals surface area contributed by atoms with E-state index in [1.807, 2.05) is 36.4 Å². The first kappa shape index (κ1) is 19.2. The van der Waals surface area contributed by atoms with Crippen molar-refractivity contribution in [3.8, 4) is 5.75 Å². The van der Waals surface area contributed by atoms with Crippen LogP contribution < -0.4 is 15.0 Å². The number of anilines is 2. The largest absolute Gasteiger partial charge is 0.484 e. The van der Waals surface area contributed by atoms with Gasteiger partial charge in [0.05, 0.1) is 24.6 Å². The van der Waals surface area contributed by atoms with E-state index in [9.17, 15) is 4.79 Å². The third kappa shape index (κ3) is 5.23. The van der Waals surface area contributed by atoms with Gasteiger partial charge in [-0.3, -0.25) is 4.79 Å². The van der Waals surface area contributed by atoms with Gasteiger partial charge in [0.1, 0.15) is 5.75 Å². The minimum atomic E-state index is -0.165. The number of ether oxygens (including phenoxy) is 2. The molecule has 1 atom stereocenters. The molecule has 144 valence electrons. The molecule has 1 unspecified atom stereocenters. The molecular formula is C22H28N2O3. The summed E-state index contributed by atoms with van der Waals surface area (Å²) in [7, 11) is 0. The van der Waals surface area contributed by atoms with Crippen molar-refractivity contribution in [2.24, 2.45) is 0 Å². The number of para-hydroxylation sites is 2. The zero-order valence-electron chi connectivity index (χ0n) is 16.1. The fourth-order valence-electron chi connectivity index (χ4n) is 3.12. The van der Waals surface area contributed by atoms with E-state index in [-0.39, 0.29) is 12.5 Å². The fourth-order valence-corrected chi connectivity index (χ4v) is 3.12. The van der Waals surface area contributed by atoms with Gasteiger partial charge in [-0.2, -0.15) is 0 Å². The van der Waals surface area contributed by atoms with Gasteiger partial charge >= 0.3 is 0 Å². The summed E-state index contributed by atoms with van der Waals surface area (Å²) in [6, 6.07) is 15.8. The number of amides is 1. The Morgan fingerprint density at radius 2 is 1.85 bits per heavy atom. The average molecular weight is 368 g/mol. The Bertz CT molecular complexity index is 739. The summed E-state index contributed by atoms with van der Waals surface area (Å²) in [5.74, 6) is 1.07. The number of hydrogen-bond acceptors (Lipinski definition) is 4. The molecule has 0 bridgehead atoms. The molecule has 3 rings (SSSR count). The molecule has 0 radical (unpaired) electrons. The summed E-state index contributed by atoms with van der Waals surface area (Å²) >= 11 is 0. The molecule has 1 N–H and O–H groups in total. The summed E-state index contributed by atoms with van der Waals surface area (Å²) in [6.07, 6.45) is 1.10. The first-order valence-electron chi connectivity index (χ1n) is 9.61. The van der Waals surface area contributed by atoms with Crippen LogP contribution in [0.2, 0.25) is 0 Å². The molecule has 5 nitrogen and oxygen atoms in total. The molecule has 1 heterocycles. The van der Waals surface area contributed by atoms with Crippen molar-refractivity contribution in [3.63, 3.8) is 0 Å². The second-order valence-electron chi connectivity index (χ2n) is 6.83. The first-order chi connectivity index (χ1) is 13.2. The second kappa shape index (κ2) is 9.42. The topological polar surface area (TPSA) is 50.8 Å². The van der Waals surface area contributed by atoms with Gasteiger partial charge in [-0.05, 0) is 42.2 Å². The molecule has 1 saturated heterocycles. The van der Waals surface area contributed by atoms with Crippen LogP contribution in [0, 0.1) is 0 Å². The zero-order valence-corrected chi connectivity index (χ0v) is 16.1. The van der Waals surface area contributed by atoms with E-state index in [1.165, 1.54) is 5.56 Å². The van der Waals surface area contributed by atoms with Crippen LogP contribution in [-0.4, -0.2) is 38.8 Å². The number of rotatable bonds is 7. The lowest BCUT2D eigenvalue weighted by Gasteiger charge is -2.30. The maximum absolute atomic E-state index is 12.4. The lowest BCUT2D eigenvalue weighted by atomic mass is 9.99. The van der Waals surface area contributed by atoms with Gasteiger partial charge in [-0.25, -0.2) is 0 Å². The van der Waals surface area contributed by atoms with E-state index in [2.05, 4.69) is 36.2 Å². The van der Waals surface area contributed by atoms with Crippen LogP contribution in [0.3, 0.4) is 0 Å². The van der Waals surface area contributed by atoms with E-state index in [0.29, 0.717) is 24.9 Å². The van der Waals surface area contributed by atoms with Crippen LogP contribution in [0.25, 0.3) is 0 Å². The molecule has 1 amide bonds. The van der Waals surface area contributed by atoms with E-state index in [0.717, 1.165) is 30.9 Å². The van der Waals surface area contributed by atoms with Gasteiger partial charge in [0.2, 0.25) is 0 Å². The molecule has 2 aromatic carbocycles. The molecular weight excluding hydrogens is 340 g/mol. The highest BCUT2D eigenvalue weighted by Gasteiger charge is 2.16. The van der Waals surface area contributed by atoms with Crippen molar-refractivity contribution >= 4 is 17.3 Å². The average Bonchev–Trinajstić information content (AvgIpc) is 2.73. The van der Waals surface area contributed by atoms with Crippen LogP contribution in [0.1, 0.15) is 31.7 Å². The van der Waals surface area contributed by atoms with Gasteiger partial charge in [0.15, 0.2) is 6.61 Å². The molecule has 1 aliphatic heterocycles. The smallest absolute Gasteiger partial charge is 0.262 e. The minimum absolute atomic E-state index is 0.0138. The summed E-state index contributed by atoms with van der Waals surface area (Å²) in [6.45, 7) is 7.43. The highest BCUT2D eigenvalue weighted by atomic mass is 16.5. The SMILES string of the molecule is CCC(C)c1ccc(OCC(=O)Nc2ccccc2N2CCOCC2)cc1. The predicted octanol–water partition coefficient (Wildman–Crippen LogP) is 4.05. The summed E-state index contributed by atoms with van der Waals surface area (Å²) in [5.41, 5.74) is 3.11. The second-order valence-corrected chi connectivity index (χ2v) is 6.83. The number of hydrogen-bond donors (Lipinski definition) is 1. The number of carbonyl (C=O) groups excluding carboxylic acids is 1. The van der Waals surface area contributed by atoms with Crippen molar-refractivity contribution in [2.45, 2.75) is 26.2 Å². The lowest BCUT2D eigenvalue weighted by Crippen LogP contribution is -2.36. The number of benzene rings is 2. The maximum atomic E-state index is 12.4. The third-order valence-corrected chi connectivity index (χ3v) is 4.96. The Labute approximate surface area is 161 Å². The summed E-state index contributed by atoms with van der Waals surface area (Å²) < 4.78 is 11.1. The van der Waals surface area contributed by atoms with Gasteiger partial charge in [0, 0.05) is 13.1 Å². The van der Waals surface area contributed by atoms with E-state index < -0.39 is 0 Å². The van der Waals surface area contributed by atoms with Crippen LogP contribution >= 0.6 is 0 Å². The summed E-state index contributed by atoms with van der Waals surface area (Å²) in [4.78, 5) is 14.6. The van der Waals surface area contributed by atoms with Crippen LogP contribution in [0.15, 0.2) is 48.5 Å². The predicted molar refractivity (Wildman–Crippen MR) is 109 cm³/mol. The van der Waals surface area contributed by atoms with Crippen molar-refractivity contribution in [3.05, 3.63) is 54.1 Å². The number of nitrogens with zero attached hydrogens (tertiary/aromatic N) is 1. The molecule has 0 aromatic heterocycles. The van der Waals surface area contributed by atoms with Crippen molar-refractivity contribution in [1.82, 2.24) is 0 Å². The number of morpholine rings is 1. The Hall–Kier alpha value is -2.53. The van der Waals surface area contributed by atoms with E-state index >= 15 is 0 Å². The van der Waals surface area contributed by atoms with Crippen LogP contribution in [0.4, 0.5) is 11.4 Å². The Morgan fingerprint density at radius 1 is 1.15 bits per heavy atom. The Balaban J connectivity index is 1.56. The molecule has 1 fully saturated rings. The Morgan fingerprint density at radius 3 is 2.56 bits per heavy atom. The Kier molecular flexibility index (Phi) is 6.71. The highest BCUT2D eigenvalue weighted by molar-refractivity contribution is 5.95. The molecule has 0 saturated carbocycles. The van der Waals surface area contributed by atoms with E-state index in [4.69, 9.17) is 9.47 Å².